The Morgan fingerprint density at radius 2 is 1.57 bits per heavy atom. The summed E-state index contributed by atoms with van der Waals surface area (Å²) in [6, 6.07) is 7.30. The molecule has 0 spiro atoms. The van der Waals surface area contributed by atoms with E-state index in [4.69, 9.17) is 0 Å². The van der Waals surface area contributed by atoms with Gasteiger partial charge in [0, 0.05) is 56.4 Å². The Bertz CT molecular complexity index is 1380. The van der Waals surface area contributed by atoms with Crippen molar-refractivity contribution in [1.82, 2.24) is 19.8 Å². The highest BCUT2D eigenvalue weighted by atomic mass is 32.2. The highest BCUT2D eigenvalue weighted by Crippen LogP contribution is 2.28. The zero-order chi connectivity index (χ0) is 32.2. The standard InChI is InChI=1S/C31H37F3N4O5S/c1-31(2,3)44(43)36-26(17-20-16-24(33)25(34)18-23(20)32)19-9-13-37(14-10-19)28(40)8-12-35-27(39)11-15-38-29(41)21-6-4-5-7-22(21)30(38)42/h4-7,16,18-19,26,36H,8-15,17H2,1-3H3,(H,35,39)/t26-,44+/m1/s1. The Morgan fingerprint density at radius 3 is 2.16 bits per heavy atom. The molecule has 4 rings (SSSR count). The van der Waals surface area contributed by atoms with E-state index in [1.807, 2.05) is 0 Å². The van der Waals surface area contributed by atoms with E-state index in [0.717, 1.165) is 11.0 Å². The first-order valence-electron chi connectivity index (χ1n) is 14.6. The van der Waals surface area contributed by atoms with Crippen molar-refractivity contribution in [1.29, 1.82) is 0 Å². The van der Waals surface area contributed by atoms with Crippen molar-refractivity contribution in [2.75, 3.05) is 26.2 Å². The molecule has 2 aliphatic rings. The molecule has 0 saturated carbocycles. The maximum atomic E-state index is 14.5. The summed E-state index contributed by atoms with van der Waals surface area (Å²) in [7, 11) is 0. The van der Waals surface area contributed by atoms with Crippen LogP contribution in [0.15, 0.2) is 36.4 Å². The molecule has 2 aliphatic heterocycles. The van der Waals surface area contributed by atoms with Crippen LogP contribution in [0.1, 0.15) is 72.7 Å². The van der Waals surface area contributed by atoms with Crippen molar-refractivity contribution >= 4 is 35.0 Å². The fourth-order valence-electron chi connectivity index (χ4n) is 5.34. The third kappa shape index (κ3) is 7.99. The average molecular weight is 635 g/mol. The van der Waals surface area contributed by atoms with Crippen molar-refractivity contribution in [3.63, 3.8) is 0 Å². The van der Waals surface area contributed by atoms with E-state index in [1.54, 1.807) is 49.9 Å². The lowest BCUT2D eigenvalue weighted by molar-refractivity contribution is -0.132. The van der Waals surface area contributed by atoms with Gasteiger partial charge in [-0.3, -0.25) is 24.1 Å². The van der Waals surface area contributed by atoms with E-state index in [9.17, 15) is 36.9 Å². The molecule has 2 aromatic carbocycles. The summed E-state index contributed by atoms with van der Waals surface area (Å²) in [5.41, 5.74) is 0.603. The molecule has 0 unspecified atom stereocenters. The summed E-state index contributed by atoms with van der Waals surface area (Å²) >= 11 is -1.50. The van der Waals surface area contributed by atoms with Gasteiger partial charge < -0.3 is 14.8 Å². The molecule has 1 fully saturated rings. The number of fused-ring (bicyclic) bond motifs is 1. The van der Waals surface area contributed by atoms with Crippen LogP contribution in [0.3, 0.4) is 0 Å². The van der Waals surface area contributed by atoms with Gasteiger partial charge in [0.25, 0.3) is 11.8 Å². The van der Waals surface area contributed by atoms with Gasteiger partial charge in [0.1, 0.15) is 10.6 Å². The van der Waals surface area contributed by atoms with Crippen LogP contribution in [0.2, 0.25) is 0 Å². The third-order valence-corrected chi connectivity index (χ3v) is 9.54. The Morgan fingerprint density at radius 1 is 0.977 bits per heavy atom. The van der Waals surface area contributed by atoms with E-state index < -0.39 is 57.3 Å². The summed E-state index contributed by atoms with van der Waals surface area (Å²) in [6.45, 7) is 6.16. The Balaban J connectivity index is 1.24. The number of hydrogen-bond acceptors (Lipinski definition) is 6. The first-order valence-corrected chi connectivity index (χ1v) is 15.7. The second-order valence-corrected chi connectivity index (χ2v) is 14.0. The number of carbonyl (C=O) groups excluding carboxylic acids is 4. The van der Waals surface area contributed by atoms with Crippen LogP contribution < -0.4 is 10.0 Å². The van der Waals surface area contributed by atoms with Crippen molar-refractivity contribution in [2.45, 2.75) is 63.7 Å². The highest BCUT2D eigenvalue weighted by molar-refractivity contribution is 7.90. The summed E-state index contributed by atoms with van der Waals surface area (Å²) in [5.74, 6) is -4.86. The van der Waals surface area contributed by atoms with Gasteiger partial charge in [0.05, 0.1) is 17.2 Å². The smallest absolute Gasteiger partial charge is 0.261 e. The van der Waals surface area contributed by atoms with Crippen molar-refractivity contribution in [3.05, 3.63) is 70.5 Å². The molecule has 1 saturated heterocycles. The van der Waals surface area contributed by atoms with E-state index in [-0.39, 0.29) is 49.7 Å². The zero-order valence-corrected chi connectivity index (χ0v) is 25.8. The fourth-order valence-corrected chi connectivity index (χ4v) is 6.24. The number of nitrogens with zero attached hydrogens (tertiary/aromatic N) is 2. The van der Waals surface area contributed by atoms with Gasteiger partial charge in [-0.05, 0) is 69.7 Å². The van der Waals surface area contributed by atoms with Gasteiger partial charge >= 0.3 is 0 Å². The molecule has 13 heteroatoms. The highest BCUT2D eigenvalue weighted by Gasteiger charge is 2.36. The zero-order valence-electron chi connectivity index (χ0n) is 25.0. The number of likely N-dealkylation sites (tertiary alicyclic amines) is 1. The van der Waals surface area contributed by atoms with Gasteiger partial charge in [-0.2, -0.15) is 0 Å². The summed E-state index contributed by atoms with van der Waals surface area (Å²) in [6.07, 6.45) is 0.995. The lowest BCUT2D eigenvalue weighted by Gasteiger charge is -2.37. The van der Waals surface area contributed by atoms with E-state index >= 15 is 0 Å². The van der Waals surface area contributed by atoms with Crippen LogP contribution in [0, 0.1) is 23.4 Å². The van der Waals surface area contributed by atoms with E-state index in [1.165, 1.54) is 0 Å². The maximum absolute atomic E-state index is 14.5. The molecule has 2 atom stereocenters. The monoisotopic (exact) mass is 634 g/mol. The predicted octanol–water partition coefficient (Wildman–Crippen LogP) is 3.50. The number of amides is 4. The van der Waals surface area contributed by atoms with Gasteiger partial charge in [0.15, 0.2) is 11.6 Å². The Labute approximate surface area is 257 Å². The van der Waals surface area contributed by atoms with Crippen LogP contribution in [-0.2, 0) is 27.4 Å². The van der Waals surface area contributed by atoms with Crippen LogP contribution in [-0.4, -0.2) is 74.9 Å². The third-order valence-electron chi connectivity index (χ3n) is 7.91. The minimum absolute atomic E-state index is 0.00376. The molecule has 0 bridgehead atoms. The van der Waals surface area contributed by atoms with Gasteiger partial charge in [-0.15, -0.1) is 4.72 Å². The van der Waals surface area contributed by atoms with Crippen molar-refractivity contribution in [2.24, 2.45) is 5.92 Å². The largest absolute Gasteiger partial charge is 0.598 e. The van der Waals surface area contributed by atoms with Gasteiger partial charge in [-0.1, -0.05) is 12.1 Å². The molecular formula is C31H37F3N4O5S. The van der Waals surface area contributed by atoms with Crippen LogP contribution >= 0.6 is 0 Å². The number of halogens is 3. The lowest BCUT2D eigenvalue weighted by Crippen LogP contribution is -2.51. The number of rotatable bonds is 11. The second kappa shape index (κ2) is 14.1. The minimum atomic E-state index is -1.50. The Kier molecular flexibility index (Phi) is 10.7. The molecular weight excluding hydrogens is 597 g/mol. The SMILES string of the molecule is CC(C)(C)[S@+]([O-])N[C@H](Cc1cc(F)c(F)cc1F)C1CCN(C(=O)CCNC(=O)CCN2C(=O)c3ccccc3C2=O)CC1. The molecule has 0 aliphatic carbocycles. The second-order valence-electron chi connectivity index (χ2n) is 12.0. The number of carbonyl (C=O) groups is 4. The number of piperidine rings is 1. The number of nitrogens with one attached hydrogen (secondary N) is 2. The minimum Gasteiger partial charge on any atom is -0.598 e. The molecule has 9 nitrogen and oxygen atoms in total. The first kappa shape index (κ1) is 33.5. The van der Waals surface area contributed by atoms with Crippen molar-refractivity contribution in [3.8, 4) is 0 Å². The predicted molar refractivity (Wildman–Crippen MR) is 158 cm³/mol. The lowest BCUT2D eigenvalue weighted by atomic mass is 9.86. The quantitative estimate of drug-likeness (QED) is 0.222. The van der Waals surface area contributed by atoms with Crippen LogP contribution in [0.5, 0.6) is 0 Å². The fraction of sp³-hybridized carbons (Fsp3) is 0.484. The molecule has 238 valence electrons. The first-order chi connectivity index (χ1) is 20.8. The number of imide groups is 1. The maximum Gasteiger partial charge on any atom is 0.261 e. The molecule has 0 radical (unpaired) electrons. The van der Waals surface area contributed by atoms with Crippen LogP contribution in [0.4, 0.5) is 13.2 Å². The average Bonchev–Trinajstić information content (AvgIpc) is 3.22. The Hall–Kier alpha value is -3.42. The van der Waals surface area contributed by atoms with Gasteiger partial charge in [-0.25, -0.2) is 13.2 Å². The van der Waals surface area contributed by atoms with Crippen molar-refractivity contribution < 1.29 is 36.9 Å². The molecule has 44 heavy (non-hydrogen) atoms. The van der Waals surface area contributed by atoms with Gasteiger partial charge in [0.2, 0.25) is 11.8 Å². The molecule has 4 amide bonds. The van der Waals surface area contributed by atoms with E-state index in [0.29, 0.717) is 43.1 Å². The molecule has 2 N–H and O–H groups in total. The summed E-state index contributed by atoms with van der Waals surface area (Å²) in [5, 5.41) is 2.66. The molecule has 2 heterocycles. The van der Waals surface area contributed by atoms with E-state index in [2.05, 4.69) is 10.0 Å². The molecule has 0 aromatic heterocycles. The normalized spacial score (nSPS) is 17.1. The van der Waals surface area contributed by atoms with Crippen LogP contribution in [0.25, 0.3) is 0 Å². The number of hydrogen-bond donors (Lipinski definition) is 2. The summed E-state index contributed by atoms with van der Waals surface area (Å²) < 4.78 is 57.2. The topological polar surface area (TPSA) is 122 Å². The number of benzene rings is 2. The molecule has 2 aromatic rings. The summed E-state index contributed by atoms with van der Waals surface area (Å²) in [4.78, 5) is 52.8.